The Hall–Kier alpha value is -2.74. The Morgan fingerprint density at radius 2 is 1.87 bits per heavy atom. The van der Waals surface area contributed by atoms with Gasteiger partial charge in [0.05, 0.1) is 11.4 Å². The normalized spacial score (nSPS) is 17.6. The molecule has 2 aromatic carbocycles. The molecule has 0 saturated carbocycles. The highest BCUT2D eigenvalue weighted by Gasteiger charge is 2.29. The van der Waals surface area contributed by atoms with Crippen LogP contribution in [-0.2, 0) is 15.4 Å². The average Bonchev–Trinajstić information content (AvgIpc) is 3.10. The Bertz CT molecular complexity index is 1060. The molecule has 2 aliphatic heterocycles. The molecule has 1 saturated heterocycles. The van der Waals surface area contributed by atoms with Gasteiger partial charge in [0.1, 0.15) is 13.2 Å². The van der Waals surface area contributed by atoms with Gasteiger partial charge in [-0.2, -0.15) is 0 Å². The lowest BCUT2D eigenvalue weighted by atomic mass is 9.84. The SMILES string of the molecule is CC(C)(CNC(=O)c1cccc(N2CCCS2(=O)=O)c1)c1ccc2c(c1)OCCO2. The summed E-state index contributed by atoms with van der Waals surface area (Å²) in [7, 11) is -3.28. The fourth-order valence-electron chi connectivity index (χ4n) is 3.70. The third-order valence-corrected chi connectivity index (χ3v) is 7.38. The predicted octanol–water partition coefficient (Wildman–Crippen LogP) is 2.71. The van der Waals surface area contributed by atoms with Crippen LogP contribution in [-0.4, -0.2) is 46.4 Å². The predicted molar refractivity (Wildman–Crippen MR) is 115 cm³/mol. The molecule has 0 unspecified atom stereocenters. The monoisotopic (exact) mass is 430 g/mol. The van der Waals surface area contributed by atoms with Gasteiger partial charge in [0.2, 0.25) is 10.0 Å². The maximum Gasteiger partial charge on any atom is 0.251 e. The first-order valence-corrected chi connectivity index (χ1v) is 11.7. The fourth-order valence-corrected chi connectivity index (χ4v) is 5.26. The summed E-state index contributed by atoms with van der Waals surface area (Å²) in [6.07, 6.45) is 0.600. The van der Waals surface area contributed by atoms with Gasteiger partial charge >= 0.3 is 0 Å². The first kappa shape index (κ1) is 20.5. The van der Waals surface area contributed by atoms with E-state index < -0.39 is 10.0 Å². The Morgan fingerprint density at radius 3 is 2.60 bits per heavy atom. The van der Waals surface area contributed by atoms with Crippen molar-refractivity contribution < 1.29 is 22.7 Å². The lowest BCUT2D eigenvalue weighted by molar-refractivity contribution is 0.0945. The van der Waals surface area contributed by atoms with E-state index in [0.717, 1.165) is 17.1 Å². The molecule has 0 atom stereocenters. The van der Waals surface area contributed by atoms with Crippen molar-refractivity contribution in [3.05, 3.63) is 53.6 Å². The van der Waals surface area contributed by atoms with E-state index in [1.54, 1.807) is 24.3 Å². The number of nitrogens with one attached hydrogen (secondary N) is 1. The van der Waals surface area contributed by atoms with Gasteiger partial charge in [-0.05, 0) is 42.3 Å². The zero-order valence-corrected chi connectivity index (χ0v) is 18.0. The number of hydrogen-bond acceptors (Lipinski definition) is 5. The molecule has 0 spiro atoms. The number of sulfonamides is 1. The van der Waals surface area contributed by atoms with Crippen LogP contribution in [0.1, 0.15) is 36.2 Å². The second kappa shape index (κ2) is 7.83. The van der Waals surface area contributed by atoms with Crippen molar-refractivity contribution in [1.29, 1.82) is 0 Å². The standard InChI is InChI=1S/C22H26N2O5S/c1-22(2,17-7-8-19-20(14-17)29-11-10-28-19)15-23-21(25)16-5-3-6-18(13-16)24-9-4-12-30(24,26)27/h3,5-8,13-14H,4,9-12,15H2,1-2H3,(H,23,25). The number of anilines is 1. The summed E-state index contributed by atoms with van der Waals surface area (Å²) in [4.78, 5) is 12.8. The lowest BCUT2D eigenvalue weighted by Gasteiger charge is -2.28. The molecule has 2 aromatic rings. The van der Waals surface area contributed by atoms with Crippen LogP contribution in [0.25, 0.3) is 0 Å². The van der Waals surface area contributed by atoms with Gasteiger partial charge in [-0.25, -0.2) is 8.42 Å². The Balaban J connectivity index is 1.46. The summed E-state index contributed by atoms with van der Waals surface area (Å²) in [5, 5.41) is 2.98. The highest BCUT2D eigenvalue weighted by molar-refractivity contribution is 7.93. The molecule has 1 amide bonds. The zero-order chi connectivity index (χ0) is 21.4. The minimum Gasteiger partial charge on any atom is -0.486 e. The van der Waals surface area contributed by atoms with Crippen LogP contribution in [0.4, 0.5) is 5.69 Å². The number of carbonyl (C=O) groups excluding carboxylic acids is 1. The Labute approximate surface area is 177 Å². The second-order valence-electron chi connectivity index (χ2n) is 8.22. The molecular formula is C22H26N2O5S. The zero-order valence-electron chi connectivity index (χ0n) is 17.2. The minimum atomic E-state index is -3.28. The number of ether oxygens (including phenoxy) is 2. The quantitative estimate of drug-likeness (QED) is 0.788. The molecule has 160 valence electrons. The molecule has 0 bridgehead atoms. The number of fused-ring (bicyclic) bond motifs is 1. The summed E-state index contributed by atoms with van der Waals surface area (Å²) in [5.41, 5.74) is 1.67. The van der Waals surface area contributed by atoms with E-state index in [0.29, 0.717) is 44.0 Å². The maximum absolute atomic E-state index is 12.8. The minimum absolute atomic E-state index is 0.146. The molecule has 2 heterocycles. The summed E-state index contributed by atoms with van der Waals surface area (Å²) >= 11 is 0. The lowest BCUT2D eigenvalue weighted by Crippen LogP contribution is -2.37. The van der Waals surface area contributed by atoms with Crippen LogP contribution in [0.3, 0.4) is 0 Å². The molecule has 7 nitrogen and oxygen atoms in total. The van der Waals surface area contributed by atoms with Gasteiger partial charge in [0.15, 0.2) is 11.5 Å². The van der Waals surface area contributed by atoms with Crippen LogP contribution in [0.5, 0.6) is 11.5 Å². The van der Waals surface area contributed by atoms with E-state index >= 15 is 0 Å². The summed E-state index contributed by atoms with van der Waals surface area (Å²) in [5.74, 6) is 1.36. The molecule has 0 aliphatic carbocycles. The maximum atomic E-state index is 12.8. The van der Waals surface area contributed by atoms with Crippen molar-refractivity contribution in [3.63, 3.8) is 0 Å². The smallest absolute Gasteiger partial charge is 0.251 e. The highest BCUT2D eigenvalue weighted by atomic mass is 32.2. The van der Waals surface area contributed by atoms with Gasteiger partial charge in [-0.15, -0.1) is 0 Å². The highest BCUT2D eigenvalue weighted by Crippen LogP contribution is 2.35. The molecule has 0 radical (unpaired) electrons. The van der Waals surface area contributed by atoms with Gasteiger partial charge in [0, 0.05) is 24.1 Å². The topological polar surface area (TPSA) is 84.9 Å². The Morgan fingerprint density at radius 1 is 1.10 bits per heavy atom. The number of carbonyl (C=O) groups is 1. The van der Waals surface area contributed by atoms with E-state index in [2.05, 4.69) is 5.32 Å². The molecule has 4 rings (SSSR count). The number of benzene rings is 2. The molecule has 30 heavy (non-hydrogen) atoms. The summed E-state index contributed by atoms with van der Waals surface area (Å²) in [6, 6.07) is 12.6. The number of nitrogens with zero attached hydrogens (tertiary/aromatic N) is 1. The average molecular weight is 431 g/mol. The third-order valence-electron chi connectivity index (χ3n) is 5.51. The summed E-state index contributed by atoms with van der Waals surface area (Å²) < 4.78 is 37.0. The van der Waals surface area contributed by atoms with Crippen molar-refractivity contribution in [3.8, 4) is 11.5 Å². The second-order valence-corrected chi connectivity index (χ2v) is 10.2. The van der Waals surface area contributed by atoms with Crippen LogP contribution in [0.15, 0.2) is 42.5 Å². The van der Waals surface area contributed by atoms with E-state index in [9.17, 15) is 13.2 Å². The fraction of sp³-hybridized carbons (Fsp3) is 0.409. The summed E-state index contributed by atoms with van der Waals surface area (Å²) in [6.45, 7) is 6.03. The van der Waals surface area contributed by atoms with E-state index in [-0.39, 0.29) is 17.1 Å². The van der Waals surface area contributed by atoms with Crippen LogP contribution in [0, 0.1) is 0 Å². The molecule has 1 N–H and O–H groups in total. The molecule has 1 fully saturated rings. The molecule has 0 aromatic heterocycles. The third kappa shape index (κ3) is 4.09. The van der Waals surface area contributed by atoms with Crippen LogP contribution in [0.2, 0.25) is 0 Å². The van der Waals surface area contributed by atoms with Crippen molar-refractivity contribution >= 4 is 21.6 Å². The van der Waals surface area contributed by atoms with Crippen molar-refractivity contribution in [1.82, 2.24) is 5.32 Å². The largest absolute Gasteiger partial charge is 0.486 e. The number of amides is 1. The first-order chi connectivity index (χ1) is 14.3. The van der Waals surface area contributed by atoms with Gasteiger partial charge in [-0.1, -0.05) is 26.0 Å². The van der Waals surface area contributed by atoms with Crippen molar-refractivity contribution in [2.45, 2.75) is 25.7 Å². The first-order valence-electron chi connectivity index (χ1n) is 10.1. The van der Waals surface area contributed by atoms with Gasteiger partial charge < -0.3 is 14.8 Å². The Kier molecular flexibility index (Phi) is 5.36. The van der Waals surface area contributed by atoms with Gasteiger partial charge in [0.25, 0.3) is 5.91 Å². The van der Waals surface area contributed by atoms with E-state index in [1.807, 2.05) is 32.0 Å². The molecule has 2 aliphatic rings. The number of hydrogen-bond donors (Lipinski definition) is 1. The van der Waals surface area contributed by atoms with E-state index in [1.165, 1.54) is 4.31 Å². The van der Waals surface area contributed by atoms with Crippen LogP contribution >= 0.6 is 0 Å². The molecule has 8 heteroatoms. The molecular weight excluding hydrogens is 404 g/mol. The van der Waals surface area contributed by atoms with Crippen LogP contribution < -0.4 is 19.1 Å². The van der Waals surface area contributed by atoms with Crippen molar-refractivity contribution in [2.24, 2.45) is 0 Å². The van der Waals surface area contributed by atoms with E-state index in [4.69, 9.17) is 9.47 Å². The van der Waals surface area contributed by atoms with Gasteiger partial charge in [-0.3, -0.25) is 9.10 Å². The van der Waals surface area contributed by atoms with Crippen molar-refractivity contribution in [2.75, 3.05) is 36.4 Å². The number of rotatable bonds is 5.